The molecule has 1 aromatic carbocycles. The highest BCUT2D eigenvalue weighted by Crippen LogP contribution is 2.31. The third kappa shape index (κ3) is 9.71. The minimum absolute atomic E-state index is 0.0644. The van der Waals surface area contributed by atoms with Crippen LogP contribution in [0.2, 0.25) is 0 Å². The van der Waals surface area contributed by atoms with Crippen molar-refractivity contribution >= 4 is 29.2 Å². The molecule has 0 saturated carbocycles. The van der Waals surface area contributed by atoms with E-state index in [1.165, 1.54) is 17.6 Å². The molecule has 0 aromatic heterocycles. The molecule has 2 rings (SSSR count). The van der Waals surface area contributed by atoms with Gasteiger partial charge in [-0.2, -0.15) is 13.2 Å². The maximum Gasteiger partial charge on any atom is 0.419 e. The first kappa shape index (κ1) is 30.1. The quantitative estimate of drug-likeness (QED) is 0.111. The van der Waals surface area contributed by atoms with E-state index < -0.39 is 11.7 Å². The predicted octanol–water partition coefficient (Wildman–Crippen LogP) is 5.42. The second kappa shape index (κ2) is 15.2. The second-order valence-corrected chi connectivity index (χ2v) is 9.49. The minimum Gasteiger partial charge on any atom is -0.383 e. The lowest BCUT2D eigenvalue weighted by Crippen LogP contribution is -2.44. The van der Waals surface area contributed by atoms with Crippen LogP contribution in [0.3, 0.4) is 0 Å². The predicted molar refractivity (Wildman–Crippen MR) is 149 cm³/mol. The molecule has 1 aromatic rings. The molecule has 0 radical (unpaired) electrons. The van der Waals surface area contributed by atoms with Crippen LogP contribution in [0, 0.1) is 0 Å². The highest BCUT2D eigenvalue weighted by molar-refractivity contribution is 7.96. The summed E-state index contributed by atoms with van der Waals surface area (Å²) in [6.45, 7) is 10.6. The Morgan fingerprint density at radius 3 is 2.47 bits per heavy atom. The molecule has 0 unspecified atom stereocenters. The number of allylic oxidation sites excluding steroid dienone is 2. The van der Waals surface area contributed by atoms with E-state index in [0.29, 0.717) is 25.3 Å². The first-order chi connectivity index (χ1) is 17.2. The number of amidine groups is 1. The Labute approximate surface area is 218 Å². The average Bonchev–Trinajstić information content (AvgIpc) is 2.84. The zero-order chi connectivity index (χ0) is 26.6. The van der Waals surface area contributed by atoms with Crippen molar-refractivity contribution in [1.82, 2.24) is 14.9 Å². The summed E-state index contributed by atoms with van der Waals surface area (Å²) in [5, 5.41) is 6.13. The van der Waals surface area contributed by atoms with Gasteiger partial charge in [-0.05, 0) is 56.8 Å². The molecule has 1 aliphatic rings. The molecule has 1 aliphatic heterocycles. The lowest BCUT2D eigenvalue weighted by atomic mass is 10.1. The highest BCUT2D eigenvalue weighted by atomic mass is 32.2. The Hall–Kier alpha value is -2.17. The average molecular weight is 527 g/mol. The number of unbranched alkanes of at least 4 members (excludes halogenated alkanes) is 1. The van der Waals surface area contributed by atoms with Crippen LogP contribution in [0.25, 0.3) is 0 Å². The molecule has 0 aliphatic carbocycles. The number of anilines is 2. The zero-order valence-electron chi connectivity index (χ0n) is 22.1. The lowest BCUT2D eigenvalue weighted by molar-refractivity contribution is -0.0900. The number of nitrogens with one attached hydrogen (secondary N) is 3. The summed E-state index contributed by atoms with van der Waals surface area (Å²) < 4.78 is 44.9. The zero-order valence-corrected chi connectivity index (χ0v) is 23.0. The normalized spacial score (nSPS) is 16.4. The van der Waals surface area contributed by atoms with Crippen molar-refractivity contribution in [3.05, 3.63) is 47.3 Å². The van der Waals surface area contributed by atoms with Crippen LogP contribution >= 0.6 is 11.9 Å². The monoisotopic (exact) mass is 526 g/mol. The van der Waals surface area contributed by atoms with E-state index in [1.54, 1.807) is 13.0 Å². The van der Waals surface area contributed by atoms with Gasteiger partial charge in [0.25, 0.3) is 0 Å². The molecular formula is C26H41F3N6S. The summed E-state index contributed by atoms with van der Waals surface area (Å²) in [5.74, 6) is 0.401. The molecule has 36 heavy (non-hydrogen) atoms. The van der Waals surface area contributed by atoms with Gasteiger partial charge in [-0.3, -0.25) is 4.72 Å². The first-order valence-electron chi connectivity index (χ1n) is 12.5. The van der Waals surface area contributed by atoms with Crippen LogP contribution in [-0.2, 0) is 6.42 Å². The van der Waals surface area contributed by atoms with E-state index in [1.807, 2.05) is 19.2 Å². The van der Waals surface area contributed by atoms with Crippen molar-refractivity contribution in [2.24, 2.45) is 4.99 Å². The Kier molecular flexibility index (Phi) is 12.7. The fourth-order valence-electron chi connectivity index (χ4n) is 3.86. The Balaban J connectivity index is 2.22. The third-order valence-corrected chi connectivity index (χ3v) is 6.45. The van der Waals surface area contributed by atoms with E-state index in [9.17, 15) is 13.2 Å². The van der Waals surface area contributed by atoms with Gasteiger partial charge in [-0.15, -0.1) is 0 Å². The number of piperazine rings is 1. The van der Waals surface area contributed by atoms with Crippen LogP contribution in [0.15, 0.2) is 46.7 Å². The first-order valence-corrected chi connectivity index (χ1v) is 13.8. The number of hydrogen-bond acceptors (Lipinski definition) is 6. The molecule has 1 saturated heterocycles. The fourth-order valence-corrected chi connectivity index (χ4v) is 4.16. The molecule has 1 fully saturated rings. The molecule has 3 N–H and O–H groups in total. The van der Waals surface area contributed by atoms with E-state index in [-0.39, 0.29) is 5.70 Å². The van der Waals surface area contributed by atoms with Crippen LogP contribution in [0.4, 0.5) is 24.5 Å². The summed E-state index contributed by atoms with van der Waals surface area (Å²) in [6, 6.07) is 6.22. The van der Waals surface area contributed by atoms with Crippen LogP contribution in [0.5, 0.6) is 0 Å². The molecular weight excluding hydrogens is 485 g/mol. The number of hydrogen-bond donors (Lipinski definition) is 3. The number of aliphatic imine (C=N–C) groups is 1. The summed E-state index contributed by atoms with van der Waals surface area (Å²) in [7, 11) is 2.13. The standard InChI is InChI=1S/C26H41F3N6S/c1-6-8-9-25(30-12-13-32-36-5)23(26(27,28)29)19-31-20(3)33-24-11-10-22(18-21(24)7-2)35-16-14-34(4)15-17-35/h9-11,18-19,30,32H,6-8,12-17H2,1-5H3,(H,31,33)/b23-19+,25-9-. The highest BCUT2D eigenvalue weighted by Gasteiger charge is 2.36. The van der Waals surface area contributed by atoms with Gasteiger partial charge in [-0.25, -0.2) is 4.99 Å². The molecule has 202 valence electrons. The van der Waals surface area contributed by atoms with Crippen LogP contribution < -0.4 is 20.3 Å². The number of aryl methyl sites for hydroxylation is 1. The Morgan fingerprint density at radius 2 is 1.86 bits per heavy atom. The maximum absolute atomic E-state index is 13.9. The van der Waals surface area contributed by atoms with Gasteiger partial charge in [0.1, 0.15) is 5.84 Å². The van der Waals surface area contributed by atoms with Crippen LogP contribution in [0.1, 0.15) is 39.2 Å². The molecule has 1 heterocycles. The van der Waals surface area contributed by atoms with E-state index in [4.69, 9.17) is 0 Å². The van der Waals surface area contributed by atoms with Gasteiger partial charge in [0.05, 0.1) is 5.57 Å². The number of nitrogens with zero attached hydrogens (tertiary/aromatic N) is 3. The van der Waals surface area contributed by atoms with E-state index >= 15 is 0 Å². The number of benzene rings is 1. The Bertz CT molecular complexity index is 905. The van der Waals surface area contributed by atoms with Gasteiger partial charge >= 0.3 is 6.18 Å². The Morgan fingerprint density at radius 1 is 1.14 bits per heavy atom. The van der Waals surface area contributed by atoms with Gasteiger partial charge < -0.3 is 20.4 Å². The summed E-state index contributed by atoms with van der Waals surface area (Å²) in [5.41, 5.74) is 2.43. The van der Waals surface area contributed by atoms with Crippen LogP contribution in [-0.4, -0.2) is 69.5 Å². The molecule has 6 nitrogen and oxygen atoms in total. The number of alkyl halides is 3. The van der Waals surface area contributed by atoms with Crippen molar-refractivity contribution in [2.75, 3.05) is 62.8 Å². The van der Waals surface area contributed by atoms with Crippen molar-refractivity contribution < 1.29 is 13.2 Å². The van der Waals surface area contributed by atoms with Gasteiger partial charge in [0.15, 0.2) is 0 Å². The summed E-state index contributed by atoms with van der Waals surface area (Å²) in [4.78, 5) is 8.85. The smallest absolute Gasteiger partial charge is 0.383 e. The fraction of sp³-hybridized carbons (Fsp3) is 0.577. The van der Waals surface area contributed by atoms with Gasteiger partial charge in [0.2, 0.25) is 0 Å². The maximum atomic E-state index is 13.9. The molecule has 0 atom stereocenters. The van der Waals surface area contributed by atoms with Gasteiger partial charge in [0, 0.05) is 62.5 Å². The van der Waals surface area contributed by atoms with E-state index in [0.717, 1.165) is 56.5 Å². The second-order valence-electron chi connectivity index (χ2n) is 8.80. The summed E-state index contributed by atoms with van der Waals surface area (Å²) in [6.07, 6.45) is 1.98. The van der Waals surface area contributed by atoms with Crippen molar-refractivity contribution in [1.29, 1.82) is 0 Å². The number of rotatable bonds is 12. The van der Waals surface area contributed by atoms with Crippen molar-refractivity contribution in [2.45, 2.75) is 46.2 Å². The van der Waals surface area contributed by atoms with E-state index in [2.05, 4.69) is 56.3 Å². The largest absolute Gasteiger partial charge is 0.419 e. The van der Waals surface area contributed by atoms with Crippen molar-refractivity contribution in [3.63, 3.8) is 0 Å². The molecule has 0 spiro atoms. The lowest BCUT2D eigenvalue weighted by Gasteiger charge is -2.34. The molecule has 0 amide bonds. The molecule has 0 bridgehead atoms. The topological polar surface area (TPSA) is 54.9 Å². The number of likely N-dealkylation sites (N-methyl/N-ethyl adjacent to an activating group) is 1. The third-order valence-electron chi connectivity index (χ3n) is 5.96. The minimum atomic E-state index is -4.53. The molecule has 10 heteroatoms. The van der Waals surface area contributed by atoms with Crippen molar-refractivity contribution in [3.8, 4) is 0 Å². The number of halogens is 3. The van der Waals surface area contributed by atoms with Gasteiger partial charge in [-0.1, -0.05) is 38.3 Å². The summed E-state index contributed by atoms with van der Waals surface area (Å²) >= 11 is 1.43. The SMILES string of the molecule is CCC/C=C(NCCNSC)/C(=C\N=C(C)Nc1ccc(N2CCN(C)CC2)cc1CC)C(F)(F)F.